The Balaban J connectivity index is 2.32. The number of nitrogens with zero attached hydrogens (tertiary/aromatic N) is 2. The van der Waals surface area contributed by atoms with Crippen LogP contribution in [0.15, 0.2) is 24.5 Å². The Morgan fingerprint density at radius 2 is 2.41 bits per heavy atom. The molecule has 2 N–H and O–H groups in total. The lowest BCUT2D eigenvalue weighted by molar-refractivity contribution is -0.133. The van der Waals surface area contributed by atoms with Crippen LogP contribution in [0.1, 0.15) is 24.8 Å². The maximum absolute atomic E-state index is 12.0. The Hall–Kier alpha value is -1.07. The molecule has 1 aromatic heterocycles. The van der Waals surface area contributed by atoms with Gasteiger partial charge < -0.3 is 10.6 Å². The van der Waals surface area contributed by atoms with Gasteiger partial charge in [-0.3, -0.25) is 9.78 Å². The van der Waals surface area contributed by atoms with E-state index in [2.05, 4.69) is 4.98 Å². The zero-order chi connectivity index (χ0) is 12.5. The van der Waals surface area contributed by atoms with Gasteiger partial charge in [-0.15, -0.1) is 11.8 Å². The highest BCUT2D eigenvalue weighted by atomic mass is 32.2. The van der Waals surface area contributed by atoms with Crippen LogP contribution in [0.4, 0.5) is 0 Å². The van der Waals surface area contributed by atoms with Crippen molar-refractivity contribution in [3.63, 3.8) is 0 Å². The number of hydrogen-bond acceptors (Lipinski definition) is 4. The van der Waals surface area contributed by atoms with Gasteiger partial charge >= 0.3 is 0 Å². The summed E-state index contributed by atoms with van der Waals surface area (Å²) < 4.78 is 0. The van der Waals surface area contributed by atoms with Crippen molar-refractivity contribution in [1.82, 2.24) is 9.88 Å². The predicted octanol–water partition coefficient (Wildman–Crippen LogP) is 1.39. The van der Waals surface area contributed by atoms with Crippen LogP contribution in [-0.4, -0.2) is 33.6 Å². The van der Waals surface area contributed by atoms with Gasteiger partial charge in [0.1, 0.15) is 5.37 Å². The molecule has 0 radical (unpaired) electrons. The van der Waals surface area contributed by atoms with Gasteiger partial charge in [0.05, 0.1) is 11.3 Å². The second-order valence-corrected chi connectivity index (χ2v) is 5.80. The molecule has 0 bridgehead atoms. The predicted molar refractivity (Wildman–Crippen MR) is 69.4 cm³/mol. The molecule has 92 valence electrons. The van der Waals surface area contributed by atoms with E-state index in [0.29, 0.717) is 12.3 Å². The maximum atomic E-state index is 12.0. The number of carbonyl (C=O) groups is 1. The molecular formula is C12H17N3OS. The number of nitrogens with two attached hydrogens (primary N) is 1. The van der Waals surface area contributed by atoms with Crippen LogP contribution in [0.25, 0.3) is 0 Å². The molecule has 1 unspecified atom stereocenters. The zero-order valence-electron chi connectivity index (χ0n) is 10.1. The van der Waals surface area contributed by atoms with E-state index in [1.165, 1.54) is 0 Å². The van der Waals surface area contributed by atoms with Crippen LogP contribution in [0.5, 0.6) is 0 Å². The average molecular weight is 251 g/mol. The van der Waals surface area contributed by atoms with Crippen LogP contribution in [-0.2, 0) is 4.79 Å². The molecule has 1 saturated heterocycles. The lowest BCUT2D eigenvalue weighted by Crippen LogP contribution is -2.51. The van der Waals surface area contributed by atoms with E-state index in [9.17, 15) is 4.79 Å². The second-order valence-electron chi connectivity index (χ2n) is 4.73. The van der Waals surface area contributed by atoms with E-state index in [1.54, 1.807) is 18.0 Å². The van der Waals surface area contributed by atoms with Crippen molar-refractivity contribution in [2.75, 3.05) is 12.3 Å². The van der Waals surface area contributed by atoms with Gasteiger partial charge in [0.2, 0.25) is 5.91 Å². The monoisotopic (exact) mass is 251 g/mol. The molecule has 1 fully saturated rings. The summed E-state index contributed by atoms with van der Waals surface area (Å²) in [5, 5.41) is 0.0368. The summed E-state index contributed by atoms with van der Waals surface area (Å²) in [5.41, 5.74) is 6.51. The summed E-state index contributed by atoms with van der Waals surface area (Å²) in [7, 11) is 0. The number of hydrogen-bond donors (Lipinski definition) is 1. The summed E-state index contributed by atoms with van der Waals surface area (Å²) in [6, 6.07) is 3.90. The van der Waals surface area contributed by atoms with Crippen LogP contribution in [0.3, 0.4) is 0 Å². The number of carbonyl (C=O) groups excluding carboxylic acids is 1. The first kappa shape index (κ1) is 12.4. The first-order valence-electron chi connectivity index (χ1n) is 5.60. The number of amides is 1. The Morgan fingerprint density at radius 3 is 3.00 bits per heavy atom. The van der Waals surface area contributed by atoms with E-state index >= 15 is 0 Å². The highest BCUT2D eigenvalue weighted by Crippen LogP contribution is 2.42. The largest absolute Gasteiger partial charge is 0.328 e. The molecule has 5 heteroatoms. The molecule has 17 heavy (non-hydrogen) atoms. The van der Waals surface area contributed by atoms with Crippen molar-refractivity contribution in [2.24, 2.45) is 5.73 Å². The molecule has 0 saturated carbocycles. The van der Waals surface area contributed by atoms with Crippen LogP contribution >= 0.6 is 11.8 Å². The Morgan fingerprint density at radius 1 is 1.65 bits per heavy atom. The second kappa shape index (κ2) is 4.66. The summed E-state index contributed by atoms with van der Waals surface area (Å²) in [6.07, 6.45) is 3.55. The summed E-state index contributed by atoms with van der Waals surface area (Å²) in [6.45, 7) is 4.45. The molecule has 0 spiro atoms. The molecular weight excluding hydrogens is 234 g/mol. The Bertz CT molecular complexity index is 407. The molecule has 1 aliphatic heterocycles. The summed E-state index contributed by atoms with van der Waals surface area (Å²) in [4.78, 5) is 18.0. The minimum absolute atomic E-state index is 0.0368. The SMILES string of the molecule is CC(C)(CN)N1C(=O)CSC1c1cccnc1. The van der Waals surface area contributed by atoms with Gasteiger partial charge in [0.25, 0.3) is 0 Å². The number of aromatic nitrogens is 1. The normalized spacial score (nSPS) is 21.0. The standard InChI is InChI=1S/C12H17N3OS/c1-12(2,8-13)15-10(16)7-17-11(15)9-4-3-5-14-6-9/h3-6,11H,7-8,13H2,1-2H3. The van der Waals surface area contributed by atoms with E-state index in [1.807, 2.05) is 37.1 Å². The average Bonchev–Trinajstić information content (AvgIpc) is 2.73. The van der Waals surface area contributed by atoms with E-state index in [-0.39, 0.29) is 16.8 Å². The molecule has 0 aromatic carbocycles. The van der Waals surface area contributed by atoms with Gasteiger partial charge in [-0.2, -0.15) is 0 Å². The first-order chi connectivity index (χ1) is 8.06. The quantitative estimate of drug-likeness (QED) is 0.882. The molecule has 1 amide bonds. The van der Waals surface area contributed by atoms with Crippen molar-refractivity contribution in [3.05, 3.63) is 30.1 Å². The van der Waals surface area contributed by atoms with Crippen molar-refractivity contribution in [2.45, 2.75) is 24.8 Å². The van der Waals surface area contributed by atoms with Crippen molar-refractivity contribution < 1.29 is 4.79 Å². The topological polar surface area (TPSA) is 59.2 Å². The fraction of sp³-hybridized carbons (Fsp3) is 0.500. The van der Waals surface area contributed by atoms with Gasteiger partial charge in [-0.25, -0.2) is 0 Å². The first-order valence-corrected chi connectivity index (χ1v) is 6.65. The summed E-state index contributed by atoms with van der Waals surface area (Å²) >= 11 is 1.63. The van der Waals surface area contributed by atoms with E-state index in [4.69, 9.17) is 5.73 Å². The Labute approximate surface area is 106 Å². The van der Waals surface area contributed by atoms with Crippen molar-refractivity contribution >= 4 is 17.7 Å². The third-order valence-electron chi connectivity index (χ3n) is 2.99. The number of rotatable bonds is 3. The maximum Gasteiger partial charge on any atom is 0.234 e. The molecule has 0 aliphatic carbocycles. The zero-order valence-corrected chi connectivity index (χ0v) is 10.9. The van der Waals surface area contributed by atoms with E-state index in [0.717, 1.165) is 5.56 Å². The molecule has 2 heterocycles. The third kappa shape index (κ3) is 2.30. The minimum Gasteiger partial charge on any atom is -0.328 e. The highest BCUT2D eigenvalue weighted by molar-refractivity contribution is 8.00. The van der Waals surface area contributed by atoms with Crippen LogP contribution in [0, 0.1) is 0 Å². The lowest BCUT2D eigenvalue weighted by Gasteiger charge is -2.38. The number of thioether (sulfide) groups is 1. The molecule has 1 aliphatic rings. The van der Waals surface area contributed by atoms with Crippen LogP contribution < -0.4 is 5.73 Å². The fourth-order valence-corrected chi connectivity index (χ4v) is 3.27. The van der Waals surface area contributed by atoms with Gasteiger partial charge in [0.15, 0.2) is 0 Å². The van der Waals surface area contributed by atoms with Crippen molar-refractivity contribution in [3.8, 4) is 0 Å². The van der Waals surface area contributed by atoms with Crippen LogP contribution in [0.2, 0.25) is 0 Å². The van der Waals surface area contributed by atoms with E-state index < -0.39 is 0 Å². The molecule has 1 aromatic rings. The number of pyridine rings is 1. The van der Waals surface area contributed by atoms with Crippen molar-refractivity contribution in [1.29, 1.82) is 0 Å². The Kier molecular flexibility index (Phi) is 3.40. The van der Waals surface area contributed by atoms with Gasteiger partial charge in [-0.1, -0.05) is 6.07 Å². The smallest absolute Gasteiger partial charge is 0.234 e. The molecule has 2 rings (SSSR count). The summed E-state index contributed by atoms with van der Waals surface area (Å²) in [5.74, 6) is 0.669. The third-order valence-corrected chi connectivity index (χ3v) is 4.20. The lowest BCUT2D eigenvalue weighted by atomic mass is 10.0. The van der Waals surface area contributed by atoms with Gasteiger partial charge in [-0.05, 0) is 19.9 Å². The minimum atomic E-state index is -0.318. The van der Waals surface area contributed by atoms with Gasteiger partial charge in [0, 0.05) is 24.5 Å². The fourth-order valence-electron chi connectivity index (χ4n) is 1.95. The molecule has 4 nitrogen and oxygen atoms in total. The highest BCUT2D eigenvalue weighted by Gasteiger charge is 2.41. The molecule has 1 atom stereocenters.